The molecule has 114 valence electrons. The first-order valence-corrected chi connectivity index (χ1v) is 8.74. The lowest BCUT2D eigenvalue weighted by Crippen LogP contribution is -2.18. The minimum atomic E-state index is -0.237. The van der Waals surface area contributed by atoms with Crippen molar-refractivity contribution in [3.8, 4) is 0 Å². The molecule has 1 atom stereocenters. The molecule has 0 saturated carbocycles. The van der Waals surface area contributed by atoms with E-state index in [1.165, 1.54) is 44.9 Å². The molecule has 0 aromatic rings. The molecule has 0 radical (unpaired) electrons. The number of hydrogen-bond donors (Lipinski definition) is 1. The van der Waals surface area contributed by atoms with Crippen molar-refractivity contribution in [1.82, 2.24) is 5.32 Å². The lowest BCUT2D eigenvalue weighted by atomic mass is 9.94. The van der Waals surface area contributed by atoms with Gasteiger partial charge in [-0.25, -0.2) is 0 Å². The van der Waals surface area contributed by atoms with Gasteiger partial charge < -0.3 is 0 Å². The number of amides is 2. The summed E-state index contributed by atoms with van der Waals surface area (Å²) in [7, 11) is 0. The van der Waals surface area contributed by atoms with Crippen LogP contribution >= 0.6 is 11.8 Å². The van der Waals surface area contributed by atoms with Crippen molar-refractivity contribution in [2.45, 2.75) is 71.6 Å². The van der Waals surface area contributed by atoms with Crippen LogP contribution in [0.15, 0.2) is 11.0 Å². The summed E-state index contributed by atoms with van der Waals surface area (Å²) in [5, 5.41) is 2.10. The van der Waals surface area contributed by atoms with Crippen molar-refractivity contribution in [2.75, 3.05) is 0 Å². The largest absolute Gasteiger partial charge is 0.290 e. The van der Waals surface area contributed by atoms with Crippen LogP contribution < -0.4 is 5.32 Å². The Kier molecular flexibility index (Phi) is 8.67. The highest BCUT2D eigenvalue weighted by Crippen LogP contribution is 2.28. The highest BCUT2D eigenvalue weighted by Gasteiger charge is 2.25. The summed E-state index contributed by atoms with van der Waals surface area (Å²) in [5.41, 5.74) is 0. The lowest BCUT2D eigenvalue weighted by Gasteiger charge is -2.13. The van der Waals surface area contributed by atoms with Gasteiger partial charge in [0.1, 0.15) is 0 Å². The van der Waals surface area contributed by atoms with Gasteiger partial charge >= 0.3 is 0 Å². The average molecular weight is 297 g/mol. The van der Waals surface area contributed by atoms with Gasteiger partial charge in [0.25, 0.3) is 11.1 Å². The highest BCUT2D eigenvalue weighted by atomic mass is 32.2. The summed E-state index contributed by atoms with van der Waals surface area (Å²) in [6.07, 6.45) is 13.0. The van der Waals surface area contributed by atoms with Gasteiger partial charge in [-0.15, -0.1) is 0 Å². The van der Waals surface area contributed by atoms with Gasteiger partial charge in [0, 0.05) is 0 Å². The molecule has 0 aromatic heterocycles. The van der Waals surface area contributed by atoms with Crippen molar-refractivity contribution >= 4 is 22.9 Å². The fraction of sp³-hybridized carbons (Fsp3) is 0.750. The second-order valence-corrected chi connectivity index (χ2v) is 6.49. The summed E-state index contributed by atoms with van der Waals surface area (Å²) >= 11 is 1.05. The number of nitrogens with one attached hydrogen (secondary N) is 1. The first kappa shape index (κ1) is 17.3. The normalized spacial score (nSPS) is 18.6. The quantitative estimate of drug-likeness (QED) is 0.455. The maximum Gasteiger partial charge on any atom is 0.290 e. The van der Waals surface area contributed by atoms with E-state index in [0.717, 1.165) is 24.6 Å². The predicted octanol–water partition coefficient (Wildman–Crippen LogP) is 5.02. The Morgan fingerprint density at radius 1 is 1.00 bits per heavy atom. The number of rotatable bonds is 10. The second-order valence-electron chi connectivity index (χ2n) is 5.48. The SMILES string of the molecule is CCCCCCC(/C=C1\SC(=O)NC1=O)CCCCC. The van der Waals surface area contributed by atoms with Crippen LogP contribution in [0.3, 0.4) is 0 Å². The van der Waals surface area contributed by atoms with Gasteiger partial charge in [-0.05, 0) is 30.5 Å². The Balaban J connectivity index is 2.50. The number of carbonyl (C=O) groups is 2. The van der Waals surface area contributed by atoms with Crippen molar-refractivity contribution in [3.63, 3.8) is 0 Å². The summed E-state index contributed by atoms with van der Waals surface area (Å²) in [6, 6.07) is 0. The molecule has 1 saturated heterocycles. The molecule has 1 unspecified atom stereocenters. The molecule has 1 fully saturated rings. The molecule has 3 nitrogen and oxygen atoms in total. The fourth-order valence-corrected chi connectivity index (χ4v) is 3.20. The number of imide groups is 1. The van der Waals surface area contributed by atoms with E-state index in [2.05, 4.69) is 19.2 Å². The summed E-state index contributed by atoms with van der Waals surface area (Å²) in [5.74, 6) is 0.228. The molecule has 1 rings (SSSR count). The number of hydrogen-bond acceptors (Lipinski definition) is 3. The monoisotopic (exact) mass is 297 g/mol. The number of thioether (sulfide) groups is 1. The van der Waals surface area contributed by atoms with Gasteiger partial charge in [0.2, 0.25) is 0 Å². The first-order chi connectivity index (χ1) is 9.67. The Hall–Kier alpha value is -0.770. The molecule has 1 aliphatic rings. The van der Waals surface area contributed by atoms with E-state index in [1.54, 1.807) is 0 Å². The van der Waals surface area contributed by atoms with E-state index in [4.69, 9.17) is 0 Å². The molecule has 0 aromatic carbocycles. The van der Waals surface area contributed by atoms with E-state index in [-0.39, 0.29) is 11.1 Å². The minimum Gasteiger partial charge on any atom is -0.282 e. The summed E-state index contributed by atoms with van der Waals surface area (Å²) in [6.45, 7) is 4.42. The number of allylic oxidation sites excluding steroid dienone is 1. The van der Waals surface area contributed by atoms with E-state index < -0.39 is 0 Å². The highest BCUT2D eigenvalue weighted by molar-refractivity contribution is 8.18. The predicted molar refractivity (Wildman–Crippen MR) is 85.6 cm³/mol. The van der Waals surface area contributed by atoms with Gasteiger partial charge in [-0.1, -0.05) is 64.9 Å². The minimum absolute atomic E-state index is 0.214. The third-order valence-corrected chi connectivity index (χ3v) is 4.46. The number of carbonyl (C=O) groups excluding carboxylic acids is 2. The summed E-state index contributed by atoms with van der Waals surface area (Å²) in [4.78, 5) is 23.4. The van der Waals surface area contributed by atoms with Crippen LogP contribution in [0, 0.1) is 5.92 Å². The van der Waals surface area contributed by atoms with E-state index in [1.807, 2.05) is 6.08 Å². The van der Waals surface area contributed by atoms with Crippen LogP contribution in [0.1, 0.15) is 71.6 Å². The van der Waals surface area contributed by atoms with E-state index in [0.29, 0.717) is 10.8 Å². The van der Waals surface area contributed by atoms with Gasteiger partial charge in [0.05, 0.1) is 4.91 Å². The van der Waals surface area contributed by atoms with E-state index >= 15 is 0 Å². The zero-order valence-corrected chi connectivity index (χ0v) is 13.6. The van der Waals surface area contributed by atoms with Gasteiger partial charge in [-0.2, -0.15) is 0 Å². The van der Waals surface area contributed by atoms with Crippen molar-refractivity contribution < 1.29 is 9.59 Å². The average Bonchev–Trinajstić information content (AvgIpc) is 2.73. The molecular formula is C16H27NO2S. The summed E-state index contributed by atoms with van der Waals surface area (Å²) < 4.78 is 0. The third-order valence-electron chi connectivity index (χ3n) is 3.64. The maximum absolute atomic E-state index is 11.6. The number of unbranched alkanes of at least 4 members (excludes halogenated alkanes) is 5. The van der Waals surface area contributed by atoms with Crippen LogP contribution in [-0.4, -0.2) is 11.1 Å². The fourth-order valence-electron chi connectivity index (χ4n) is 2.45. The van der Waals surface area contributed by atoms with Gasteiger partial charge in [-0.3, -0.25) is 14.9 Å². The topological polar surface area (TPSA) is 46.2 Å². The van der Waals surface area contributed by atoms with Gasteiger partial charge in [0.15, 0.2) is 0 Å². The van der Waals surface area contributed by atoms with Crippen LogP contribution in [0.25, 0.3) is 0 Å². The maximum atomic E-state index is 11.6. The van der Waals surface area contributed by atoms with Crippen LogP contribution in [0.5, 0.6) is 0 Å². The Bertz CT molecular complexity index is 352. The van der Waals surface area contributed by atoms with Crippen LogP contribution in [0.2, 0.25) is 0 Å². The molecule has 2 amide bonds. The molecule has 20 heavy (non-hydrogen) atoms. The second kappa shape index (κ2) is 10.0. The Morgan fingerprint density at radius 2 is 1.60 bits per heavy atom. The van der Waals surface area contributed by atoms with Crippen molar-refractivity contribution in [3.05, 3.63) is 11.0 Å². The zero-order chi connectivity index (χ0) is 14.8. The molecule has 0 bridgehead atoms. The lowest BCUT2D eigenvalue weighted by molar-refractivity contribution is -0.115. The first-order valence-electron chi connectivity index (χ1n) is 7.92. The van der Waals surface area contributed by atoms with Crippen molar-refractivity contribution in [1.29, 1.82) is 0 Å². The molecular weight excluding hydrogens is 270 g/mol. The zero-order valence-electron chi connectivity index (χ0n) is 12.7. The molecule has 4 heteroatoms. The molecule has 1 heterocycles. The van der Waals surface area contributed by atoms with Crippen LogP contribution in [0.4, 0.5) is 4.79 Å². The van der Waals surface area contributed by atoms with Crippen LogP contribution in [-0.2, 0) is 4.79 Å². The van der Waals surface area contributed by atoms with Crippen molar-refractivity contribution in [2.24, 2.45) is 5.92 Å². The molecule has 0 spiro atoms. The standard InChI is InChI=1S/C16H27NO2S/c1-3-5-7-9-11-13(10-8-6-4-2)12-14-15(18)17-16(19)20-14/h12-13H,3-11H2,1-2H3,(H,17,18,19)/b14-12-. The Labute approximate surface area is 127 Å². The molecule has 0 aliphatic carbocycles. The third kappa shape index (κ3) is 6.60. The smallest absolute Gasteiger partial charge is 0.282 e. The Morgan fingerprint density at radius 3 is 2.15 bits per heavy atom. The molecule has 1 aliphatic heterocycles. The molecule has 1 N–H and O–H groups in total. The van der Waals surface area contributed by atoms with E-state index in [9.17, 15) is 9.59 Å².